The van der Waals surface area contributed by atoms with E-state index in [1.54, 1.807) is 84.2 Å². The molecule has 1 radical (unpaired) electrons. The van der Waals surface area contributed by atoms with Crippen LogP contribution in [0.5, 0.6) is 0 Å². The van der Waals surface area contributed by atoms with E-state index in [1.807, 2.05) is 20.8 Å². The molecule has 2 bridgehead atoms. The number of amides is 1. The molecule has 1 saturated heterocycles. The van der Waals surface area contributed by atoms with Gasteiger partial charge < -0.3 is 53.5 Å². The molecule has 1 aliphatic heterocycles. The van der Waals surface area contributed by atoms with Crippen LogP contribution in [-0.2, 0) is 42.4 Å². The number of carbonyl (C=O) groups excluding carboxylic acids is 5. The number of Topliss-reactive ketones (excluding diaryl/α,β-unsaturated/α-hetero) is 1. The molecule has 16 nitrogen and oxygen atoms in total. The van der Waals surface area contributed by atoms with E-state index < -0.39 is 121 Å². The van der Waals surface area contributed by atoms with E-state index in [1.165, 1.54) is 30.4 Å². The van der Waals surface area contributed by atoms with Crippen molar-refractivity contribution in [3.05, 3.63) is 69.4 Å². The van der Waals surface area contributed by atoms with Crippen molar-refractivity contribution in [3.63, 3.8) is 0 Å². The number of aliphatic hydroxyl groups is 3. The Kier molecular flexibility index (Phi) is 16.7. The Balaban J connectivity index is 0.00000864. The Labute approximate surface area is 435 Å². The van der Waals surface area contributed by atoms with Gasteiger partial charge in [0, 0.05) is 73.1 Å². The predicted octanol–water partition coefficient (Wildman–Crippen LogP) is 6.96. The van der Waals surface area contributed by atoms with Gasteiger partial charge in [-0.05, 0) is 94.4 Å². The molecular weight excluding hydrogens is 1120 g/mol. The topological polar surface area (TPSA) is 223 Å². The van der Waals surface area contributed by atoms with Gasteiger partial charge in [-0.3, -0.25) is 4.79 Å². The molecule has 1 aromatic carbocycles. The van der Waals surface area contributed by atoms with Gasteiger partial charge in [-0.2, -0.15) is 0 Å². The van der Waals surface area contributed by atoms with E-state index in [2.05, 4.69) is 5.32 Å². The number of benzene rings is 1. The molecular formula is C48H67AcNO15SSi. The maximum atomic E-state index is 15.8. The van der Waals surface area contributed by atoms with Gasteiger partial charge in [0.2, 0.25) is 1.43 Å². The largest absolute Gasteiger partial charge is 0.509 e. The van der Waals surface area contributed by atoms with E-state index >= 15 is 9.59 Å². The van der Waals surface area contributed by atoms with Gasteiger partial charge in [0.25, 0.3) is 0 Å². The normalized spacial score (nSPS) is 31.1. The second kappa shape index (κ2) is 20.9. The standard InChI is InChI=1S/C48H67NO15SSi.Ac/c1-12-58-43(55)61-35-33-27(5)29(60-41(53)36(64-66(13-2,14-3)15-4)34(30-22-19-23-65-30)49-42(54)63-44(6,7)8)25-48(57,45(33,9)10)39(62-40(52)28-20-17-16-18-21-28)37-46(11,38(35)51)31(50)24-32-47(37,56)26-59-32;/h16-23,29,31-32,34-37,39,50,56-57H,12-15,24-26H2,1-11H3,(H,49,54);/t29-,31?,32+,34-,35+,36+,37?,39-,46+,47-,48+;/m0./s1/i50D;. The number of esters is 2. The van der Waals surface area contributed by atoms with Crippen LogP contribution >= 0.6 is 11.3 Å². The molecule has 2 aromatic rings. The molecule has 2 unspecified atom stereocenters. The first-order chi connectivity index (χ1) is 31.4. The Hall–Kier alpha value is -2.73. The summed E-state index contributed by atoms with van der Waals surface area (Å²) in [6.45, 7) is 18.4. The molecule has 11 atom stereocenters. The number of hydrogen-bond acceptors (Lipinski definition) is 16. The SMILES string of the molecule is [2H]OC1C[C@H]2OC[C@@]2(O)C2[C@H](OC(=O)c3ccccc3)[C@]3(O)C[C@H](OC(=O)[C@H](O[Si](CC)(CC)CC)[C@@H](NC(=O)OC(C)(C)C)c4cccs4)C(C)=C([C@@H](OC(=O)OCC)C(=O)[C@]12C)C3(C)C.[Ac]. The zero-order valence-corrected chi connectivity index (χ0v) is 46.9. The second-order valence-corrected chi connectivity index (χ2v) is 25.4. The summed E-state index contributed by atoms with van der Waals surface area (Å²) >= 11 is 1.29. The fourth-order valence-electron chi connectivity index (χ4n) is 10.6. The Morgan fingerprint density at radius 2 is 1.64 bits per heavy atom. The molecule has 67 heavy (non-hydrogen) atoms. The summed E-state index contributed by atoms with van der Waals surface area (Å²) in [5.74, 6) is -4.24. The van der Waals surface area contributed by atoms with Crippen molar-refractivity contribution in [2.75, 3.05) is 13.2 Å². The van der Waals surface area contributed by atoms with Crippen LogP contribution in [0.2, 0.25) is 18.1 Å². The monoisotopic (exact) mass is 1190 g/mol. The number of nitrogens with one attached hydrogen (secondary N) is 1. The quantitative estimate of drug-likeness (QED) is 0.0613. The molecule has 6 rings (SSSR count). The summed E-state index contributed by atoms with van der Waals surface area (Å²) in [5.41, 5.74) is -8.58. The molecule has 2 heterocycles. The molecule has 3 aliphatic carbocycles. The summed E-state index contributed by atoms with van der Waals surface area (Å²) in [5, 5.41) is 36.6. The first-order valence-corrected chi connectivity index (χ1v) is 26.3. The number of alkyl carbamates (subject to hydrolysis) is 1. The van der Waals surface area contributed by atoms with Crippen molar-refractivity contribution in [2.45, 2.75) is 167 Å². The average Bonchev–Trinajstić information content (AvgIpc) is 3.81. The Bertz CT molecular complexity index is 2180. The summed E-state index contributed by atoms with van der Waals surface area (Å²) in [6.07, 6.45) is -11.6. The third-order valence-corrected chi connectivity index (χ3v) is 20.2. The minimum absolute atomic E-state index is 0. The van der Waals surface area contributed by atoms with Crippen LogP contribution in [0.25, 0.3) is 0 Å². The minimum Gasteiger partial charge on any atom is -0.456 e. The summed E-state index contributed by atoms with van der Waals surface area (Å²) in [6, 6.07) is 12.2. The molecule has 367 valence electrons. The Morgan fingerprint density at radius 1 is 0.985 bits per heavy atom. The van der Waals surface area contributed by atoms with Gasteiger partial charge in [0.05, 0.1) is 36.4 Å². The van der Waals surface area contributed by atoms with E-state index in [0.717, 1.165) is 0 Å². The van der Waals surface area contributed by atoms with Gasteiger partial charge in [0.15, 0.2) is 26.3 Å². The van der Waals surface area contributed by atoms with Crippen molar-refractivity contribution in [1.29, 1.82) is 1.43 Å². The van der Waals surface area contributed by atoms with E-state index in [4.69, 9.17) is 39.4 Å². The van der Waals surface area contributed by atoms with Gasteiger partial charge in [-0.25, -0.2) is 19.2 Å². The van der Waals surface area contributed by atoms with Gasteiger partial charge >= 0.3 is 24.2 Å². The number of ketones is 1. The molecule has 1 aromatic heterocycles. The zero-order chi connectivity index (χ0) is 49.5. The van der Waals surface area contributed by atoms with Crippen LogP contribution in [0.4, 0.5) is 9.59 Å². The number of thiophene rings is 1. The predicted molar refractivity (Wildman–Crippen MR) is 244 cm³/mol. The van der Waals surface area contributed by atoms with Crippen LogP contribution in [0, 0.1) is 60.8 Å². The van der Waals surface area contributed by atoms with Gasteiger partial charge in [-0.1, -0.05) is 58.9 Å². The number of ether oxygens (including phenoxy) is 6. The van der Waals surface area contributed by atoms with E-state index in [0.29, 0.717) is 23.0 Å². The van der Waals surface area contributed by atoms with Crippen molar-refractivity contribution >= 4 is 49.6 Å². The Morgan fingerprint density at radius 3 is 2.18 bits per heavy atom. The first-order valence-electron chi connectivity index (χ1n) is 23.3. The molecule has 4 N–H and O–H groups in total. The van der Waals surface area contributed by atoms with E-state index in [9.17, 15) is 24.6 Å². The number of fused-ring (bicyclic) bond motifs is 5. The molecule has 4 aliphatic rings. The molecule has 2 saturated carbocycles. The zero-order valence-electron chi connectivity index (χ0n) is 41.4. The van der Waals surface area contributed by atoms with Crippen LogP contribution in [0.3, 0.4) is 0 Å². The molecule has 1 amide bonds. The van der Waals surface area contributed by atoms with Gasteiger partial charge in [-0.15, -0.1) is 11.3 Å². The summed E-state index contributed by atoms with van der Waals surface area (Å²) in [7, 11) is -2.73. The molecule has 19 heteroatoms. The number of rotatable bonds is 15. The van der Waals surface area contributed by atoms with Gasteiger partial charge in [0.1, 0.15) is 35.1 Å². The minimum atomic E-state index is -2.73. The van der Waals surface area contributed by atoms with Crippen molar-refractivity contribution < 1.29 is 116 Å². The van der Waals surface area contributed by atoms with Crippen LogP contribution in [0.1, 0.15) is 110 Å². The van der Waals surface area contributed by atoms with Crippen LogP contribution < -0.4 is 5.32 Å². The third kappa shape index (κ3) is 10.2. The summed E-state index contributed by atoms with van der Waals surface area (Å²) < 4.78 is 50.9. The second-order valence-electron chi connectivity index (χ2n) is 19.7. The van der Waals surface area contributed by atoms with Crippen molar-refractivity contribution in [1.82, 2.24) is 5.32 Å². The smallest absolute Gasteiger partial charge is 0.456 e. The number of carbonyl (C=O) groups is 5. The fraction of sp³-hybridized carbons (Fsp3) is 0.646. The number of aliphatic hydroxyl groups excluding tert-OH is 1. The third-order valence-electron chi connectivity index (χ3n) is 14.7. The van der Waals surface area contributed by atoms with Crippen LogP contribution in [0.15, 0.2) is 59.0 Å². The fourth-order valence-corrected chi connectivity index (χ4v) is 14.2. The number of hydrogen-bond donors (Lipinski definition) is 4. The van der Waals surface area contributed by atoms with Crippen molar-refractivity contribution in [2.24, 2.45) is 16.7 Å². The maximum Gasteiger partial charge on any atom is 0.509 e. The first kappa shape index (κ1) is 53.6. The average molecular weight is 1190 g/mol. The molecule has 0 spiro atoms. The van der Waals surface area contributed by atoms with E-state index in [-0.39, 0.29) is 80.4 Å². The maximum absolute atomic E-state index is 15.8. The van der Waals surface area contributed by atoms with Crippen LogP contribution in [-0.4, -0.2) is 122 Å². The van der Waals surface area contributed by atoms with Crippen molar-refractivity contribution in [3.8, 4) is 0 Å². The summed E-state index contributed by atoms with van der Waals surface area (Å²) in [4.78, 5) is 73.1. The molecule has 3 fully saturated rings.